The van der Waals surface area contributed by atoms with E-state index in [1.807, 2.05) is 48.7 Å². The first kappa shape index (κ1) is 22.3. The Morgan fingerprint density at radius 3 is 2.52 bits per heavy atom. The summed E-state index contributed by atoms with van der Waals surface area (Å²) in [5.74, 6) is -0.228. The van der Waals surface area contributed by atoms with Crippen molar-refractivity contribution in [1.29, 1.82) is 0 Å². The smallest absolute Gasteiger partial charge is 0.266 e. The third-order valence-electron chi connectivity index (χ3n) is 5.56. The van der Waals surface area contributed by atoms with Crippen LogP contribution < -0.4 is 0 Å². The quantitative estimate of drug-likeness (QED) is 0.374. The van der Waals surface area contributed by atoms with Crippen molar-refractivity contribution in [3.8, 4) is 16.9 Å². The van der Waals surface area contributed by atoms with Crippen molar-refractivity contribution in [2.24, 2.45) is 0 Å². The van der Waals surface area contributed by atoms with Crippen molar-refractivity contribution in [1.82, 2.24) is 14.7 Å². The molecule has 1 atom stereocenters. The van der Waals surface area contributed by atoms with Gasteiger partial charge in [-0.05, 0) is 36.8 Å². The molecule has 0 saturated carbocycles. The predicted molar refractivity (Wildman–Crippen MR) is 136 cm³/mol. The number of benzene rings is 2. The minimum Gasteiger partial charge on any atom is -0.289 e. The number of halogens is 1. The molecule has 33 heavy (non-hydrogen) atoms. The molecule has 2 aromatic carbocycles. The van der Waals surface area contributed by atoms with Gasteiger partial charge in [-0.2, -0.15) is 5.10 Å². The summed E-state index contributed by atoms with van der Waals surface area (Å²) in [7, 11) is -3.14. The fourth-order valence-corrected chi connectivity index (χ4v) is 7.17. The molecule has 0 aliphatic carbocycles. The first-order chi connectivity index (χ1) is 15.8. The van der Waals surface area contributed by atoms with Crippen LogP contribution in [0.1, 0.15) is 12.0 Å². The number of nitrogens with zero attached hydrogens (tertiary/aromatic N) is 3. The van der Waals surface area contributed by atoms with E-state index in [1.54, 1.807) is 22.9 Å². The monoisotopic (exact) mass is 515 g/mol. The number of rotatable bonds is 4. The summed E-state index contributed by atoms with van der Waals surface area (Å²) in [5, 5.41) is 5.39. The van der Waals surface area contributed by atoms with E-state index >= 15 is 0 Å². The number of thiocarbonyl (C=S) groups is 1. The number of carbonyl (C=O) groups is 1. The molecule has 2 aliphatic heterocycles. The van der Waals surface area contributed by atoms with Crippen LogP contribution in [0.3, 0.4) is 0 Å². The fraction of sp³-hybridized carbons (Fsp3) is 0.174. The number of carbonyl (C=O) groups excluding carboxylic acids is 1. The maximum atomic E-state index is 13.2. The van der Waals surface area contributed by atoms with Crippen molar-refractivity contribution >= 4 is 61.7 Å². The Labute approximate surface area is 206 Å². The van der Waals surface area contributed by atoms with Crippen LogP contribution in [0.25, 0.3) is 23.0 Å². The summed E-state index contributed by atoms with van der Waals surface area (Å²) in [4.78, 5) is 15.1. The molecule has 1 unspecified atom stereocenters. The van der Waals surface area contributed by atoms with Crippen LogP contribution in [0.15, 0.2) is 65.7 Å². The number of thioether (sulfide) groups is 1. The summed E-state index contributed by atoms with van der Waals surface area (Å²) in [6.07, 6.45) is 4.05. The van der Waals surface area contributed by atoms with Crippen LogP contribution in [-0.4, -0.2) is 50.9 Å². The molecule has 2 saturated heterocycles. The third-order valence-corrected chi connectivity index (χ3v) is 8.90. The maximum Gasteiger partial charge on any atom is 0.266 e. The van der Waals surface area contributed by atoms with Crippen LogP contribution in [0.5, 0.6) is 0 Å². The third kappa shape index (κ3) is 4.50. The molecule has 0 N–H and O–H groups in total. The van der Waals surface area contributed by atoms with Gasteiger partial charge in [-0.15, -0.1) is 0 Å². The Kier molecular flexibility index (Phi) is 5.90. The Balaban J connectivity index is 1.54. The maximum absolute atomic E-state index is 13.2. The van der Waals surface area contributed by atoms with Gasteiger partial charge in [-0.1, -0.05) is 65.9 Å². The van der Waals surface area contributed by atoms with Gasteiger partial charge in [0, 0.05) is 22.3 Å². The second kappa shape index (κ2) is 8.72. The average Bonchev–Trinajstić information content (AvgIpc) is 3.45. The van der Waals surface area contributed by atoms with E-state index in [0.717, 1.165) is 16.8 Å². The average molecular weight is 516 g/mol. The number of para-hydroxylation sites is 1. The molecule has 0 bridgehead atoms. The van der Waals surface area contributed by atoms with Crippen molar-refractivity contribution in [2.75, 3.05) is 11.5 Å². The number of aromatic nitrogens is 2. The van der Waals surface area contributed by atoms with E-state index < -0.39 is 15.9 Å². The summed E-state index contributed by atoms with van der Waals surface area (Å²) in [5.41, 5.74) is 3.19. The van der Waals surface area contributed by atoms with Crippen LogP contribution >= 0.6 is 35.6 Å². The molecule has 3 heterocycles. The Bertz CT molecular complexity index is 1380. The lowest BCUT2D eigenvalue weighted by Gasteiger charge is -2.20. The molecule has 2 fully saturated rings. The van der Waals surface area contributed by atoms with Crippen LogP contribution in [0.4, 0.5) is 0 Å². The second-order valence-electron chi connectivity index (χ2n) is 7.83. The highest BCUT2D eigenvalue weighted by Gasteiger charge is 2.42. The van der Waals surface area contributed by atoms with E-state index in [4.69, 9.17) is 28.9 Å². The number of hydrogen-bond donors (Lipinski definition) is 0. The number of sulfone groups is 1. The standard InChI is InChI=1S/C23H18ClN3O3S3/c24-17-8-6-15(7-9-17)21-16(13-26(25-21)18-4-2-1-3-5-18)12-20-22(28)27(23(31)32-20)19-10-11-33(29,30)14-19/h1-9,12-13,19H,10-11,14H2. The van der Waals surface area contributed by atoms with Gasteiger partial charge in [0.05, 0.1) is 33.8 Å². The Morgan fingerprint density at radius 1 is 1.12 bits per heavy atom. The summed E-state index contributed by atoms with van der Waals surface area (Å²) in [6, 6.07) is 16.6. The number of amides is 1. The van der Waals surface area contributed by atoms with E-state index in [2.05, 4.69) is 0 Å². The lowest BCUT2D eigenvalue weighted by atomic mass is 10.1. The van der Waals surface area contributed by atoms with Crippen LogP contribution in [-0.2, 0) is 14.6 Å². The van der Waals surface area contributed by atoms with Gasteiger partial charge in [-0.3, -0.25) is 9.69 Å². The SMILES string of the molecule is O=C1C(=Cc2cn(-c3ccccc3)nc2-c2ccc(Cl)cc2)SC(=S)N1C1CCS(=O)(=O)C1. The molecule has 0 radical (unpaired) electrons. The van der Waals surface area contributed by atoms with Crippen molar-refractivity contribution < 1.29 is 13.2 Å². The van der Waals surface area contributed by atoms with Gasteiger partial charge < -0.3 is 0 Å². The summed E-state index contributed by atoms with van der Waals surface area (Å²) >= 11 is 12.7. The molecule has 0 spiro atoms. The lowest BCUT2D eigenvalue weighted by Crippen LogP contribution is -2.39. The topological polar surface area (TPSA) is 72.3 Å². The minimum absolute atomic E-state index is 0.0469. The van der Waals surface area contributed by atoms with Gasteiger partial charge in [0.1, 0.15) is 4.32 Å². The molecule has 1 amide bonds. The normalized spacial score (nSPS) is 21.3. The zero-order valence-electron chi connectivity index (χ0n) is 17.2. The highest BCUT2D eigenvalue weighted by molar-refractivity contribution is 8.26. The van der Waals surface area contributed by atoms with E-state index in [-0.39, 0.29) is 17.4 Å². The van der Waals surface area contributed by atoms with Gasteiger partial charge >= 0.3 is 0 Å². The number of hydrogen-bond acceptors (Lipinski definition) is 6. The molecule has 6 nitrogen and oxygen atoms in total. The Hall–Kier alpha value is -2.46. The van der Waals surface area contributed by atoms with Crippen LogP contribution in [0.2, 0.25) is 5.02 Å². The largest absolute Gasteiger partial charge is 0.289 e. The second-order valence-corrected chi connectivity index (χ2v) is 12.2. The molecule has 10 heteroatoms. The lowest BCUT2D eigenvalue weighted by molar-refractivity contribution is -0.123. The van der Waals surface area contributed by atoms with Crippen molar-refractivity contribution in [2.45, 2.75) is 12.5 Å². The zero-order chi connectivity index (χ0) is 23.2. The van der Waals surface area contributed by atoms with Gasteiger partial charge in [-0.25, -0.2) is 13.1 Å². The molecule has 1 aromatic heterocycles. The fourth-order valence-electron chi connectivity index (χ4n) is 3.95. The van der Waals surface area contributed by atoms with Gasteiger partial charge in [0.2, 0.25) is 0 Å². The molecule has 5 rings (SSSR count). The van der Waals surface area contributed by atoms with Crippen molar-refractivity contribution in [3.05, 3.63) is 76.3 Å². The van der Waals surface area contributed by atoms with Gasteiger partial charge in [0.15, 0.2) is 9.84 Å². The first-order valence-electron chi connectivity index (χ1n) is 10.2. The van der Waals surface area contributed by atoms with Crippen molar-refractivity contribution in [3.63, 3.8) is 0 Å². The predicted octanol–water partition coefficient (Wildman–Crippen LogP) is 4.58. The minimum atomic E-state index is -3.14. The van der Waals surface area contributed by atoms with Gasteiger partial charge in [0.25, 0.3) is 5.91 Å². The molecule has 168 valence electrons. The van der Waals surface area contributed by atoms with Crippen LogP contribution in [0, 0.1) is 0 Å². The van der Waals surface area contributed by atoms with E-state index in [9.17, 15) is 13.2 Å². The highest BCUT2D eigenvalue weighted by atomic mass is 35.5. The highest BCUT2D eigenvalue weighted by Crippen LogP contribution is 2.37. The van der Waals surface area contributed by atoms with E-state index in [0.29, 0.717) is 26.4 Å². The Morgan fingerprint density at radius 2 is 1.85 bits per heavy atom. The molecular formula is C23H18ClN3O3S3. The summed E-state index contributed by atoms with van der Waals surface area (Å²) in [6.45, 7) is 0. The molecular weight excluding hydrogens is 498 g/mol. The zero-order valence-corrected chi connectivity index (χ0v) is 20.4. The summed E-state index contributed by atoms with van der Waals surface area (Å²) < 4.78 is 26.0. The first-order valence-corrected chi connectivity index (χ1v) is 13.6. The molecule has 3 aromatic rings. The molecule has 2 aliphatic rings. The van der Waals surface area contributed by atoms with E-state index in [1.165, 1.54) is 16.7 Å².